The zero-order valence-corrected chi connectivity index (χ0v) is 14.2. The third-order valence-electron chi connectivity index (χ3n) is 4.09. The monoisotopic (exact) mass is 330 g/mol. The standard InChI is InChI=1S/C18H22N2O2S/c1-14-8-9-17(22-14)16-13-23-12-11-20(16)18(21)7-4-6-15-5-2-3-10-19-15/h2-3,5,8-10,16H,4,6-7,11-13H2,1H3. The fourth-order valence-electron chi connectivity index (χ4n) is 2.88. The molecule has 4 nitrogen and oxygen atoms in total. The van der Waals surface area contributed by atoms with E-state index in [4.69, 9.17) is 4.42 Å². The number of rotatable bonds is 5. The summed E-state index contributed by atoms with van der Waals surface area (Å²) in [5.41, 5.74) is 1.05. The normalized spacial score (nSPS) is 18.1. The number of carbonyl (C=O) groups excluding carboxylic acids is 1. The van der Waals surface area contributed by atoms with Crippen molar-refractivity contribution in [2.75, 3.05) is 18.1 Å². The van der Waals surface area contributed by atoms with Crippen molar-refractivity contribution >= 4 is 17.7 Å². The Hall–Kier alpha value is -1.75. The van der Waals surface area contributed by atoms with E-state index in [0.29, 0.717) is 6.42 Å². The Morgan fingerprint density at radius 3 is 3.04 bits per heavy atom. The first kappa shape index (κ1) is 16.1. The molecule has 1 amide bonds. The summed E-state index contributed by atoms with van der Waals surface area (Å²) < 4.78 is 5.76. The number of nitrogens with zero attached hydrogens (tertiary/aromatic N) is 2. The van der Waals surface area contributed by atoms with Crippen LogP contribution >= 0.6 is 11.8 Å². The molecule has 0 N–H and O–H groups in total. The molecule has 0 spiro atoms. The average molecular weight is 330 g/mol. The highest BCUT2D eigenvalue weighted by molar-refractivity contribution is 7.99. The highest BCUT2D eigenvalue weighted by Crippen LogP contribution is 2.31. The molecule has 3 heterocycles. The summed E-state index contributed by atoms with van der Waals surface area (Å²) in [5.74, 6) is 3.95. The first-order valence-corrected chi connectivity index (χ1v) is 9.23. The van der Waals surface area contributed by atoms with Crippen LogP contribution < -0.4 is 0 Å². The van der Waals surface area contributed by atoms with Gasteiger partial charge in [-0.15, -0.1) is 0 Å². The van der Waals surface area contributed by atoms with Gasteiger partial charge < -0.3 is 9.32 Å². The third-order valence-corrected chi connectivity index (χ3v) is 5.11. The summed E-state index contributed by atoms with van der Waals surface area (Å²) in [6.07, 6.45) is 4.05. The third kappa shape index (κ3) is 4.16. The van der Waals surface area contributed by atoms with Gasteiger partial charge in [-0.2, -0.15) is 11.8 Å². The molecule has 2 aromatic heterocycles. The fraction of sp³-hybridized carbons (Fsp3) is 0.444. The average Bonchev–Trinajstić information content (AvgIpc) is 3.02. The summed E-state index contributed by atoms with van der Waals surface area (Å²) in [6.45, 7) is 2.75. The van der Waals surface area contributed by atoms with E-state index >= 15 is 0 Å². The second-order valence-corrected chi connectivity index (χ2v) is 6.95. The number of carbonyl (C=O) groups is 1. The molecular weight excluding hydrogens is 308 g/mol. The van der Waals surface area contributed by atoms with Crippen LogP contribution in [0.1, 0.15) is 36.1 Å². The summed E-state index contributed by atoms with van der Waals surface area (Å²) in [5, 5.41) is 0. The van der Waals surface area contributed by atoms with Crippen molar-refractivity contribution in [1.82, 2.24) is 9.88 Å². The SMILES string of the molecule is Cc1ccc(C2CSCCN2C(=O)CCCc2ccccn2)o1. The second-order valence-electron chi connectivity index (χ2n) is 5.80. The van der Waals surface area contributed by atoms with Crippen LogP contribution in [0.2, 0.25) is 0 Å². The minimum atomic E-state index is 0.0739. The van der Waals surface area contributed by atoms with Gasteiger partial charge in [0.05, 0.1) is 6.04 Å². The topological polar surface area (TPSA) is 46.3 Å². The molecule has 0 aliphatic carbocycles. The van der Waals surface area contributed by atoms with E-state index in [1.54, 1.807) is 6.20 Å². The van der Waals surface area contributed by atoms with Crippen LogP contribution in [0.5, 0.6) is 0 Å². The fourth-order valence-corrected chi connectivity index (χ4v) is 3.94. The molecule has 5 heteroatoms. The number of hydrogen-bond acceptors (Lipinski definition) is 4. The Labute approximate surface area is 141 Å². The predicted molar refractivity (Wildman–Crippen MR) is 92.4 cm³/mol. The Bertz CT molecular complexity index is 641. The minimum Gasteiger partial charge on any atom is -0.464 e. The molecule has 1 aliphatic heterocycles. The van der Waals surface area contributed by atoms with E-state index in [1.165, 1.54) is 0 Å². The highest BCUT2D eigenvalue weighted by atomic mass is 32.2. The lowest BCUT2D eigenvalue weighted by Gasteiger charge is -2.34. The van der Waals surface area contributed by atoms with Gasteiger partial charge in [0, 0.05) is 36.4 Å². The molecule has 1 fully saturated rings. The first-order chi connectivity index (χ1) is 11.2. The van der Waals surface area contributed by atoms with Crippen molar-refractivity contribution < 1.29 is 9.21 Å². The van der Waals surface area contributed by atoms with Gasteiger partial charge in [0.2, 0.25) is 5.91 Å². The molecule has 23 heavy (non-hydrogen) atoms. The van der Waals surface area contributed by atoms with Crippen molar-refractivity contribution in [2.45, 2.75) is 32.2 Å². The van der Waals surface area contributed by atoms with Crippen molar-refractivity contribution in [1.29, 1.82) is 0 Å². The first-order valence-electron chi connectivity index (χ1n) is 8.07. The zero-order chi connectivity index (χ0) is 16.1. The maximum Gasteiger partial charge on any atom is 0.223 e. The Morgan fingerprint density at radius 2 is 2.30 bits per heavy atom. The lowest BCUT2D eigenvalue weighted by atomic mass is 10.1. The molecule has 0 bridgehead atoms. The van der Waals surface area contributed by atoms with Crippen molar-refractivity contribution in [3.63, 3.8) is 0 Å². The maximum absolute atomic E-state index is 12.6. The van der Waals surface area contributed by atoms with E-state index in [1.807, 2.05) is 53.9 Å². The molecule has 1 atom stereocenters. The van der Waals surface area contributed by atoms with E-state index in [9.17, 15) is 4.79 Å². The van der Waals surface area contributed by atoms with Crippen molar-refractivity contribution in [3.8, 4) is 0 Å². The van der Waals surface area contributed by atoms with Gasteiger partial charge in [0.15, 0.2) is 0 Å². The Kier molecular flexibility index (Phi) is 5.39. The summed E-state index contributed by atoms with van der Waals surface area (Å²) in [4.78, 5) is 18.9. The molecule has 2 aromatic rings. The number of thioether (sulfide) groups is 1. The lowest BCUT2D eigenvalue weighted by Crippen LogP contribution is -2.40. The molecule has 0 aromatic carbocycles. The van der Waals surface area contributed by atoms with Crippen LogP contribution in [-0.2, 0) is 11.2 Å². The van der Waals surface area contributed by atoms with Crippen LogP contribution in [0, 0.1) is 6.92 Å². The smallest absolute Gasteiger partial charge is 0.223 e. The number of pyridine rings is 1. The molecule has 1 aliphatic rings. The molecule has 0 radical (unpaired) electrons. The maximum atomic E-state index is 12.6. The highest BCUT2D eigenvalue weighted by Gasteiger charge is 2.29. The molecule has 1 saturated heterocycles. The van der Waals surface area contributed by atoms with Crippen molar-refractivity contribution in [2.24, 2.45) is 0 Å². The molecule has 0 saturated carbocycles. The zero-order valence-electron chi connectivity index (χ0n) is 13.4. The number of furan rings is 1. The Balaban J connectivity index is 1.58. The van der Waals surface area contributed by atoms with Crippen LogP contribution in [0.15, 0.2) is 40.9 Å². The quantitative estimate of drug-likeness (QED) is 0.840. The Morgan fingerprint density at radius 1 is 1.39 bits per heavy atom. The number of amides is 1. The summed E-state index contributed by atoms with van der Waals surface area (Å²) in [7, 11) is 0. The van der Waals surface area contributed by atoms with Crippen LogP contribution in [0.4, 0.5) is 0 Å². The number of aromatic nitrogens is 1. The van der Waals surface area contributed by atoms with Crippen LogP contribution in [0.3, 0.4) is 0 Å². The van der Waals surface area contributed by atoms with Gasteiger partial charge >= 0.3 is 0 Å². The lowest BCUT2D eigenvalue weighted by molar-refractivity contribution is -0.133. The minimum absolute atomic E-state index is 0.0739. The largest absolute Gasteiger partial charge is 0.464 e. The van der Waals surface area contributed by atoms with E-state index in [0.717, 1.165) is 48.1 Å². The molecule has 1 unspecified atom stereocenters. The van der Waals surface area contributed by atoms with E-state index < -0.39 is 0 Å². The second kappa shape index (κ2) is 7.68. The molecular formula is C18H22N2O2S. The van der Waals surface area contributed by atoms with Gasteiger partial charge in [0.1, 0.15) is 11.5 Å². The molecule has 122 valence electrons. The summed E-state index contributed by atoms with van der Waals surface area (Å²) >= 11 is 1.89. The predicted octanol–water partition coefficient (Wildman–Crippen LogP) is 3.62. The van der Waals surface area contributed by atoms with Crippen LogP contribution in [-0.4, -0.2) is 33.8 Å². The number of aryl methyl sites for hydroxylation is 2. The van der Waals surface area contributed by atoms with E-state index in [2.05, 4.69) is 4.98 Å². The van der Waals surface area contributed by atoms with Crippen LogP contribution in [0.25, 0.3) is 0 Å². The van der Waals surface area contributed by atoms with Crippen molar-refractivity contribution in [3.05, 3.63) is 53.7 Å². The van der Waals surface area contributed by atoms with Gasteiger partial charge in [-0.25, -0.2) is 0 Å². The molecule has 3 rings (SSSR count). The van der Waals surface area contributed by atoms with Gasteiger partial charge in [0.25, 0.3) is 0 Å². The number of hydrogen-bond donors (Lipinski definition) is 0. The van der Waals surface area contributed by atoms with E-state index in [-0.39, 0.29) is 11.9 Å². The van der Waals surface area contributed by atoms with Gasteiger partial charge in [-0.05, 0) is 44.0 Å². The van der Waals surface area contributed by atoms with Gasteiger partial charge in [-0.1, -0.05) is 6.07 Å². The van der Waals surface area contributed by atoms with Gasteiger partial charge in [-0.3, -0.25) is 9.78 Å². The summed E-state index contributed by atoms with van der Waals surface area (Å²) in [6, 6.07) is 9.95.